The van der Waals surface area contributed by atoms with Gasteiger partial charge in [0, 0.05) is 21.0 Å². The van der Waals surface area contributed by atoms with E-state index in [0.29, 0.717) is 44.8 Å². The SMILES string of the molecule is CCOC(=O)c1c(NC(=O)C(C)Sc2cccc(NC(=O)/C(=C\c3ccc(OC)c(OC)c3)NC(=O)c3ccccc3)c2)sc2c1CCC(C(C)(C)C)C2. The summed E-state index contributed by atoms with van der Waals surface area (Å²) >= 11 is 2.79. The number of esters is 1. The van der Waals surface area contributed by atoms with Crippen LogP contribution in [-0.4, -0.2) is 49.8 Å². The summed E-state index contributed by atoms with van der Waals surface area (Å²) in [6.07, 6.45) is 4.15. The summed E-state index contributed by atoms with van der Waals surface area (Å²) in [5.74, 6) is -0.209. The fourth-order valence-corrected chi connectivity index (χ4v) is 8.45. The van der Waals surface area contributed by atoms with E-state index in [4.69, 9.17) is 14.2 Å². The average molecular weight is 770 g/mol. The molecule has 0 bridgehead atoms. The van der Waals surface area contributed by atoms with E-state index in [0.717, 1.165) is 34.6 Å². The van der Waals surface area contributed by atoms with Gasteiger partial charge in [0.05, 0.1) is 31.6 Å². The molecule has 1 aliphatic rings. The van der Waals surface area contributed by atoms with E-state index in [1.165, 1.54) is 37.3 Å². The number of rotatable bonds is 13. The number of hydrogen-bond donors (Lipinski definition) is 3. The lowest BCUT2D eigenvalue weighted by molar-refractivity contribution is -0.115. The standard InChI is InChI=1S/C42H47N3O7S2/c1-8-52-41(49)36-31-19-18-28(42(3,4)5)23-35(31)54-40(36)45-37(46)25(2)53-30-16-12-15-29(24-30)43-39(48)32(44-38(47)27-13-10-9-11-14-27)21-26-17-20-33(50-6)34(22-26)51-7/h9-17,20-22,24-25,28H,8,18-19,23H2,1-7H3,(H,43,48)(H,44,47)(H,45,46)/b32-21+. The molecule has 3 amide bonds. The lowest BCUT2D eigenvalue weighted by Gasteiger charge is -2.33. The van der Waals surface area contributed by atoms with Crippen LogP contribution in [0.1, 0.15) is 77.8 Å². The summed E-state index contributed by atoms with van der Waals surface area (Å²) in [5.41, 5.74) is 3.04. The number of methoxy groups -OCH3 is 2. The van der Waals surface area contributed by atoms with E-state index < -0.39 is 23.0 Å². The second-order valence-electron chi connectivity index (χ2n) is 14.0. The summed E-state index contributed by atoms with van der Waals surface area (Å²) in [6.45, 7) is 10.5. The van der Waals surface area contributed by atoms with Gasteiger partial charge in [0.25, 0.3) is 11.8 Å². The van der Waals surface area contributed by atoms with Gasteiger partial charge in [-0.2, -0.15) is 0 Å². The number of ether oxygens (including phenoxy) is 3. The molecule has 4 aromatic rings. The number of anilines is 2. The maximum absolute atomic E-state index is 13.7. The third kappa shape index (κ3) is 9.91. The van der Waals surface area contributed by atoms with Gasteiger partial charge in [-0.05, 0) is 104 Å². The fraction of sp³-hybridized carbons (Fsp3) is 0.333. The van der Waals surface area contributed by atoms with E-state index in [2.05, 4.69) is 36.7 Å². The van der Waals surface area contributed by atoms with Crippen molar-refractivity contribution in [1.82, 2.24) is 5.32 Å². The molecule has 0 saturated carbocycles. The number of thiophene rings is 1. The number of benzene rings is 3. The van der Waals surface area contributed by atoms with Crippen molar-refractivity contribution >= 4 is 63.6 Å². The molecule has 10 nitrogen and oxygen atoms in total. The van der Waals surface area contributed by atoms with Gasteiger partial charge in [-0.25, -0.2) is 4.79 Å². The van der Waals surface area contributed by atoms with E-state index >= 15 is 0 Å². The maximum atomic E-state index is 13.7. The number of nitrogens with one attached hydrogen (secondary N) is 3. The van der Waals surface area contributed by atoms with E-state index in [9.17, 15) is 19.2 Å². The van der Waals surface area contributed by atoms with Gasteiger partial charge in [0.1, 0.15) is 10.7 Å². The molecule has 2 atom stereocenters. The van der Waals surface area contributed by atoms with Crippen molar-refractivity contribution < 1.29 is 33.4 Å². The van der Waals surface area contributed by atoms with Gasteiger partial charge in [-0.15, -0.1) is 23.1 Å². The van der Waals surface area contributed by atoms with Crippen LogP contribution in [0.2, 0.25) is 0 Å². The van der Waals surface area contributed by atoms with Crippen molar-refractivity contribution in [1.29, 1.82) is 0 Å². The summed E-state index contributed by atoms with van der Waals surface area (Å²) in [6, 6.07) is 20.9. The lowest BCUT2D eigenvalue weighted by atomic mass is 9.72. The van der Waals surface area contributed by atoms with Crippen LogP contribution in [0.5, 0.6) is 11.5 Å². The van der Waals surface area contributed by atoms with Crippen LogP contribution in [-0.2, 0) is 27.2 Å². The highest BCUT2D eigenvalue weighted by atomic mass is 32.2. The molecule has 54 heavy (non-hydrogen) atoms. The Morgan fingerprint density at radius 1 is 0.944 bits per heavy atom. The molecule has 3 N–H and O–H groups in total. The smallest absolute Gasteiger partial charge is 0.341 e. The first-order chi connectivity index (χ1) is 25.8. The third-order valence-electron chi connectivity index (χ3n) is 9.23. The molecule has 2 unspecified atom stereocenters. The van der Waals surface area contributed by atoms with Crippen LogP contribution < -0.4 is 25.4 Å². The summed E-state index contributed by atoms with van der Waals surface area (Å²) in [7, 11) is 3.05. The molecular formula is C42H47N3O7S2. The van der Waals surface area contributed by atoms with Gasteiger partial charge in [0.15, 0.2) is 11.5 Å². The van der Waals surface area contributed by atoms with Crippen LogP contribution in [0.15, 0.2) is 83.4 Å². The fourth-order valence-electron chi connectivity index (χ4n) is 6.20. The zero-order chi connectivity index (χ0) is 39.0. The first kappa shape index (κ1) is 40.1. The molecule has 3 aromatic carbocycles. The maximum Gasteiger partial charge on any atom is 0.341 e. The molecule has 284 valence electrons. The van der Waals surface area contributed by atoms with Crippen LogP contribution >= 0.6 is 23.1 Å². The number of carbonyl (C=O) groups excluding carboxylic acids is 4. The van der Waals surface area contributed by atoms with Crippen molar-refractivity contribution in [2.24, 2.45) is 11.3 Å². The topological polar surface area (TPSA) is 132 Å². The van der Waals surface area contributed by atoms with E-state index in [1.54, 1.807) is 86.7 Å². The molecule has 0 spiro atoms. The Kier molecular flexibility index (Phi) is 13.3. The van der Waals surface area contributed by atoms with Gasteiger partial charge in [0.2, 0.25) is 5.91 Å². The second kappa shape index (κ2) is 17.8. The van der Waals surface area contributed by atoms with Crippen LogP contribution in [0.25, 0.3) is 6.08 Å². The second-order valence-corrected chi connectivity index (χ2v) is 16.5. The van der Waals surface area contributed by atoms with Gasteiger partial charge < -0.3 is 30.2 Å². The molecule has 0 aliphatic heterocycles. The van der Waals surface area contributed by atoms with Crippen LogP contribution in [0.4, 0.5) is 10.7 Å². The Bertz CT molecular complexity index is 2030. The molecule has 0 radical (unpaired) electrons. The predicted molar refractivity (Wildman–Crippen MR) is 216 cm³/mol. The van der Waals surface area contributed by atoms with Gasteiger partial charge >= 0.3 is 5.97 Å². The number of hydrogen-bond acceptors (Lipinski definition) is 9. The number of amides is 3. The monoisotopic (exact) mass is 769 g/mol. The Morgan fingerprint density at radius 3 is 2.37 bits per heavy atom. The molecule has 12 heteroatoms. The Labute approximate surface area is 325 Å². The first-order valence-electron chi connectivity index (χ1n) is 17.8. The third-order valence-corrected chi connectivity index (χ3v) is 11.5. The zero-order valence-electron chi connectivity index (χ0n) is 31.7. The molecule has 5 rings (SSSR count). The minimum absolute atomic E-state index is 0.00624. The highest BCUT2D eigenvalue weighted by Gasteiger charge is 2.35. The van der Waals surface area contributed by atoms with Crippen molar-refractivity contribution in [3.05, 3.63) is 106 Å². The Hall–Kier alpha value is -5.07. The summed E-state index contributed by atoms with van der Waals surface area (Å²) < 4.78 is 16.2. The molecular weight excluding hydrogens is 723 g/mol. The largest absolute Gasteiger partial charge is 0.493 e. The molecule has 1 aromatic heterocycles. The van der Waals surface area contributed by atoms with Crippen LogP contribution in [0, 0.1) is 11.3 Å². The quantitative estimate of drug-likeness (QED) is 0.0700. The zero-order valence-corrected chi connectivity index (χ0v) is 33.3. The normalized spacial score (nSPS) is 14.6. The van der Waals surface area contributed by atoms with E-state index in [-0.39, 0.29) is 23.6 Å². The van der Waals surface area contributed by atoms with Gasteiger partial charge in [-0.3, -0.25) is 14.4 Å². The predicted octanol–water partition coefficient (Wildman–Crippen LogP) is 8.62. The number of thioether (sulfide) groups is 1. The minimum atomic E-state index is -0.552. The summed E-state index contributed by atoms with van der Waals surface area (Å²) in [5, 5.41) is 8.65. The molecule has 1 heterocycles. The highest BCUT2D eigenvalue weighted by Crippen LogP contribution is 2.45. The number of fused-ring (bicyclic) bond motifs is 1. The van der Waals surface area contributed by atoms with Crippen molar-refractivity contribution in [2.45, 2.75) is 64.0 Å². The first-order valence-corrected chi connectivity index (χ1v) is 19.5. The Balaban J connectivity index is 1.32. The number of carbonyl (C=O) groups is 4. The lowest BCUT2D eigenvalue weighted by Crippen LogP contribution is -2.30. The molecule has 0 saturated heterocycles. The van der Waals surface area contributed by atoms with Gasteiger partial charge in [-0.1, -0.05) is 51.1 Å². The Morgan fingerprint density at radius 2 is 1.69 bits per heavy atom. The molecule has 1 aliphatic carbocycles. The molecule has 0 fully saturated rings. The summed E-state index contributed by atoms with van der Waals surface area (Å²) in [4.78, 5) is 55.5. The van der Waals surface area contributed by atoms with E-state index in [1.807, 2.05) is 6.07 Å². The highest BCUT2D eigenvalue weighted by molar-refractivity contribution is 8.00. The average Bonchev–Trinajstić information content (AvgIpc) is 3.51. The van der Waals surface area contributed by atoms with Crippen LogP contribution in [0.3, 0.4) is 0 Å². The van der Waals surface area contributed by atoms with Crippen molar-refractivity contribution in [2.75, 3.05) is 31.5 Å². The van der Waals surface area contributed by atoms with Crippen molar-refractivity contribution in [3.8, 4) is 11.5 Å². The minimum Gasteiger partial charge on any atom is -0.493 e. The van der Waals surface area contributed by atoms with Crippen molar-refractivity contribution in [3.63, 3.8) is 0 Å².